The highest BCUT2D eigenvalue weighted by atomic mass is 16.6. The van der Waals surface area contributed by atoms with Crippen LogP contribution in [0.2, 0.25) is 0 Å². The van der Waals surface area contributed by atoms with E-state index in [9.17, 15) is 19.7 Å². The summed E-state index contributed by atoms with van der Waals surface area (Å²) in [7, 11) is 0. The Morgan fingerprint density at radius 3 is 2.58 bits per heavy atom. The number of hydrogen-bond donors (Lipinski definition) is 2. The molecule has 2 N–H and O–H groups in total. The van der Waals surface area contributed by atoms with Crippen molar-refractivity contribution < 1.29 is 14.5 Å². The molecule has 33 heavy (non-hydrogen) atoms. The Morgan fingerprint density at radius 2 is 1.94 bits per heavy atom. The van der Waals surface area contributed by atoms with Gasteiger partial charge in [0.15, 0.2) is 5.65 Å². The van der Waals surface area contributed by atoms with Gasteiger partial charge in [0.2, 0.25) is 0 Å². The van der Waals surface area contributed by atoms with Gasteiger partial charge in [-0.3, -0.25) is 19.7 Å². The zero-order chi connectivity index (χ0) is 23.5. The molecule has 1 atom stereocenters. The number of amides is 1. The Kier molecular flexibility index (Phi) is 6.34. The number of carbonyl (C=O) groups is 2. The number of nitro benzene ring substituents is 1. The third kappa shape index (κ3) is 4.69. The number of nitro groups is 1. The van der Waals surface area contributed by atoms with Crippen molar-refractivity contribution in [1.82, 2.24) is 20.1 Å². The van der Waals surface area contributed by atoms with Crippen LogP contribution < -0.4 is 10.6 Å². The number of aromatic nitrogens is 3. The summed E-state index contributed by atoms with van der Waals surface area (Å²) < 4.78 is 1.77. The Hall–Kier alpha value is -3.82. The molecule has 172 valence electrons. The smallest absolute Gasteiger partial charge is 0.269 e. The SMILES string of the molecule is CCn1ncc2c(NC3CCC(=O)CC3)c(C(=O)NC(C)c3ccc([N+](=O)[O-])cc3)cnc21. The van der Waals surface area contributed by atoms with Crippen LogP contribution in [0, 0.1) is 10.1 Å². The Labute approximate surface area is 190 Å². The first-order valence-corrected chi connectivity index (χ1v) is 11.0. The lowest BCUT2D eigenvalue weighted by molar-refractivity contribution is -0.384. The fourth-order valence-electron chi connectivity index (χ4n) is 4.12. The van der Waals surface area contributed by atoms with E-state index in [2.05, 4.69) is 20.7 Å². The summed E-state index contributed by atoms with van der Waals surface area (Å²) in [5.74, 6) is -0.0458. The maximum atomic E-state index is 13.3. The second-order valence-corrected chi connectivity index (χ2v) is 8.25. The number of nitrogens with one attached hydrogen (secondary N) is 2. The van der Waals surface area contributed by atoms with Crippen LogP contribution in [0.1, 0.15) is 61.5 Å². The van der Waals surface area contributed by atoms with E-state index < -0.39 is 4.92 Å². The van der Waals surface area contributed by atoms with Gasteiger partial charge in [-0.1, -0.05) is 12.1 Å². The Morgan fingerprint density at radius 1 is 1.24 bits per heavy atom. The zero-order valence-electron chi connectivity index (χ0n) is 18.6. The van der Waals surface area contributed by atoms with Gasteiger partial charge >= 0.3 is 0 Å². The van der Waals surface area contributed by atoms with Crippen molar-refractivity contribution in [2.75, 3.05) is 5.32 Å². The predicted octanol–water partition coefficient (Wildman–Crippen LogP) is 3.77. The number of anilines is 1. The van der Waals surface area contributed by atoms with Gasteiger partial charge < -0.3 is 10.6 Å². The highest BCUT2D eigenvalue weighted by molar-refractivity contribution is 6.06. The quantitative estimate of drug-likeness (QED) is 0.413. The monoisotopic (exact) mass is 450 g/mol. The Bertz CT molecular complexity index is 1190. The van der Waals surface area contributed by atoms with Crippen LogP contribution in [0.3, 0.4) is 0 Å². The van der Waals surface area contributed by atoms with E-state index in [0.717, 1.165) is 10.9 Å². The first-order valence-electron chi connectivity index (χ1n) is 11.0. The second-order valence-electron chi connectivity index (χ2n) is 8.25. The molecule has 10 heteroatoms. The first-order chi connectivity index (χ1) is 15.9. The minimum atomic E-state index is -0.457. The Balaban J connectivity index is 1.61. The van der Waals surface area contributed by atoms with Gasteiger partial charge in [0.25, 0.3) is 11.6 Å². The van der Waals surface area contributed by atoms with Gasteiger partial charge in [0, 0.05) is 43.8 Å². The lowest BCUT2D eigenvalue weighted by Gasteiger charge is -2.25. The van der Waals surface area contributed by atoms with Gasteiger partial charge in [-0.05, 0) is 32.3 Å². The number of rotatable bonds is 7. The normalized spacial score (nSPS) is 15.4. The second kappa shape index (κ2) is 9.35. The van der Waals surface area contributed by atoms with Crippen molar-refractivity contribution in [1.29, 1.82) is 0 Å². The van der Waals surface area contributed by atoms with Crippen molar-refractivity contribution in [3.8, 4) is 0 Å². The number of aryl methyl sites for hydroxylation is 1. The fraction of sp³-hybridized carbons (Fsp3) is 0.391. The third-order valence-electron chi connectivity index (χ3n) is 6.05. The molecule has 1 aliphatic carbocycles. The summed E-state index contributed by atoms with van der Waals surface area (Å²) >= 11 is 0. The minimum absolute atomic E-state index is 0.00249. The molecule has 0 bridgehead atoms. The summed E-state index contributed by atoms with van der Waals surface area (Å²) in [6.07, 6.45) is 5.73. The van der Waals surface area contributed by atoms with E-state index in [1.165, 1.54) is 12.1 Å². The average Bonchev–Trinajstić information content (AvgIpc) is 3.24. The fourth-order valence-corrected chi connectivity index (χ4v) is 4.12. The number of fused-ring (bicyclic) bond motifs is 1. The van der Waals surface area contributed by atoms with E-state index in [-0.39, 0.29) is 29.5 Å². The lowest BCUT2D eigenvalue weighted by atomic mass is 9.94. The molecule has 1 amide bonds. The number of Topliss-reactive ketones (excluding diaryl/α,β-unsaturated/α-hetero) is 1. The minimum Gasteiger partial charge on any atom is -0.381 e. The van der Waals surface area contributed by atoms with Crippen LogP contribution >= 0.6 is 0 Å². The maximum Gasteiger partial charge on any atom is 0.269 e. The molecule has 1 fully saturated rings. The largest absolute Gasteiger partial charge is 0.381 e. The summed E-state index contributed by atoms with van der Waals surface area (Å²) in [5.41, 5.74) is 2.49. The third-order valence-corrected chi connectivity index (χ3v) is 6.05. The van der Waals surface area contributed by atoms with Crippen LogP contribution in [0.5, 0.6) is 0 Å². The van der Waals surface area contributed by atoms with Crippen molar-refractivity contribution >= 4 is 34.1 Å². The number of ketones is 1. The number of non-ortho nitro benzene ring substituents is 1. The van der Waals surface area contributed by atoms with Crippen LogP contribution in [-0.2, 0) is 11.3 Å². The molecule has 1 saturated carbocycles. The molecule has 2 aromatic heterocycles. The van der Waals surface area contributed by atoms with Gasteiger partial charge in [-0.2, -0.15) is 5.10 Å². The molecular formula is C23H26N6O4. The lowest BCUT2D eigenvalue weighted by Crippen LogP contribution is -2.30. The zero-order valence-corrected chi connectivity index (χ0v) is 18.6. The van der Waals surface area contributed by atoms with Crippen molar-refractivity contribution in [3.63, 3.8) is 0 Å². The molecule has 3 aromatic rings. The topological polar surface area (TPSA) is 132 Å². The van der Waals surface area contributed by atoms with E-state index in [4.69, 9.17) is 0 Å². The molecule has 0 saturated heterocycles. The molecule has 4 rings (SSSR count). The van der Waals surface area contributed by atoms with Crippen molar-refractivity contribution in [3.05, 3.63) is 57.9 Å². The molecule has 1 aromatic carbocycles. The number of benzene rings is 1. The summed E-state index contributed by atoms with van der Waals surface area (Å²) in [6, 6.07) is 5.82. The maximum absolute atomic E-state index is 13.3. The van der Waals surface area contributed by atoms with E-state index >= 15 is 0 Å². The predicted molar refractivity (Wildman–Crippen MR) is 123 cm³/mol. The standard InChI is InChI=1S/C23H26N6O4/c1-3-28-22-19(13-25-28)21(27-16-6-10-18(30)11-7-16)20(12-24-22)23(31)26-14(2)15-4-8-17(9-5-15)29(32)33/h4-5,8-9,12-14,16H,3,6-7,10-11H2,1-2H3,(H,24,27)(H,26,31). The molecule has 2 heterocycles. The number of carbonyl (C=O) groups excluding carboxylic acids is 2. The van der Waals surface area contributed by atoms with Gasteiger partial charge in [-0.25, -0.2) is 9.67 Å². The molecule has 1 unspecified atom stereocenters. The van der Waals surface area contributed by atoms with E-state index in [1.54, 1.807) is 29.2 Å². The number of pyridine rings is 1. The molecule has 10 nitrogen and oxygen atoms in total. The number of hydrogen-bond acceptors (Lipinski definition) is 7. The molecule has 0 radical (unpaired) electrons. The molecule has 1 aliphatic rings. The molecule has 0 spiro atoms. The van der Waals surface area contributed by atoms with Crippen molar-refractivity contribution in [2.45, 2.75) is 58.2 Å². The highest BCUT2D eigenvalue weighted by Crippen LogP contribution is 2.30. The summed E-state index contributed by atoms with van der Waals surface area (Å²) in [5, 5.41) is 22.5. The van der Waals surface area contributed by atoms with Crippen LogP contribution in [0.15, 0.2) is 36.7 Å². The van der Waals surface area contributed by atoms with Gasteiger partial charge in [0.1, 0.15) is 5.78 Å². The summed E-state index contributed by atoms with van der Waals surface area (Å²) in [6.45, 7) is 4.44. The van der Waals surface area contributed by atoms with E-state index in [1.807, 2.05) is 13.8 Å². The van der Waals surface area contributed by atoms with Crippen LogP contribution in [0.25, 0.3) is 11.0 Å². The van der Waals surface area contributed by atoms with Gasteiger partial charge in [0.05, 0.1) is 33.8 Å². The highest BCUT2D eigenvalue weighted by Gasteiger charge is 2.24. The van der Waals surface area contributed by atoms with Crippen LogP contribution in [0.4, 0.5) is 11.4 Å². The molecular weight excluding hydrogens is 424 g/mol. The van der Waals surface area contributed by atoms with Crippen LogP contribution in [-0.4, -0.2) is 37.4 Å². The van der Waals surface area contributed by atoms with Gasteiger partial charge in [-0.15, -0.1) is 0 Å². The summed E-state index contributed by atoms with van der Waals surface area (Å²) in [4.78, 5) is 39.8. The van der Waals surface area contributed by atoms with Crippen molar-refractivity contribution in [2.24, 2.45) is 0 Å². The van der Waals surface area contributed by atoms with E-state index in [0.29, 0.717) is 49.1 Å². The average molecular weight is 450 g/mol. The number of nitrogens with zero attached hydrogens (tertiary/aromatic N) is 4. The molecule has 0 aliphatic heterocycles. The first kappa shape index (κ1) is 22.4.